The zero-order valence-electron chi connectivity index (χ0n) is 21.6. The topological polar surface area (TPSA) is 108 Å². The van der Waals surface area contributed by atoms with E-state index >= 15 is 0 Å². The van der Waals surface area contributed by atoms with Crippen LogP contribution in [0.1, 0.15) is 90.5 Å². The molecule has 0 aromatic heterocycles. The Morgan fingerprint density at radius 2 is 1.49 bits per heavy atom. The summed E-state index contributed by atoms with van der Waals surface area (Å²) in [6.07, 6.45) is 13.5. The fraction of sp³-hybridized carbons (Fsp3) is 0.704. The number of hydroxylamine groups is 2. The van der Waals surface area contributed by atoms with Gasteiger partial charge in [-0.2, -0.15) is 0 Å². The maximum Gasteiger partial charge on any atom is 0.528 e. The van der Waals surface area contributed by atoms with E-state index in [1.807, 2.05) is 6.07 Å². The molecule has 0 spiro atoms. The van der Waals surface area contributed by atoms with Crippen molar-refractivity contribution >= 4 is 12.1 Å². The molecule has 0 heterocycles. The fourth-order valence-corrected chi connectivity index (χ4v) is 4.50. The molecule has 0 radical (unpaired) electrons. The molecule has 198 valence electrons. The lowest BCUT2D eigenvalue weighted by atomic mass is 9.91. The molecule has 0 saturated heterocycles. The van der Waals surface area contributed by atoms with E-state index in [0.29, 0.717) is 0 Å². The zero-order valence-corrected chi connectivity index (χ0v) is 21.6. The maximum atomic E-state index is 11.7. The molecule has 3 rings (SSSR count). The van der Waals surface area contributed by atoms with E-state index in [1.165, 1.54) is 64.2 Å². The van der Waals surface area contributed by atoms with E-state index in [1.54, 1.807) is 45.0 Å². The summed E-state index contributed by atoms with van der Waals surface area (Å²) in [6.45, 7) is 4.30. The van der Waals surface area contributed by atoms with Gasteiger partial charge in [-0.15, -0.1) is 5.06 Å². The van der Waals surface area contributed by atoms with E-state index < -0.39 is 30.4 Å². The van der Waals surface area contributed by atoms with Gasteiger partial charge >= 0.3 is 12.1 Å². The van der Waals surface area contributed by atoms with Crippen molar-refractivity contribution in [3.8, 4) is 0 Å². The van der Waals surface area contributed by atoms with Gasteiger partial charge in [0.15, 0.2) is 6.04 Å². The number of carbonyl (C=O) groups is 2. The Hall–Kier alpha value is -2.16. The molecule has 0 amide bonds. The minimum absolute atomic E-state index is 0.0115. The Balaban J connectivity index is 0.000000279. The largest absolute Gasteiger partial charge is 0.528 e. The van der Waals surface area contributed by atoms with Crippen molar-refractivity contribution in [2.75, 3.05) is 6.61 Å². The molecule has 2 aliphatic rings. The molecule has 1 aromatic rings. The molecule has 35 heavy (non-hydrogen) atoms. The SMILES string of the molecule is C1CCC(NC2CCCCC2)CC1.CC(C)(C)OC(=O)ON(Cc1ccccc1)[C@H](CO)C(=O)O. The number of aliphatic hydroxyl groups excluding tert-OH is 1. The van der Waals surface area contributed by atoms with Crippen LogP contribution in [0, 0.1) is 0 Å². The molecule has 0 aliphatic heterocycles. The summed E-state index contributed by atoms with van der Waals surface area (Å²) >= 11 is 0. The summed E-state index contributed by atoms with van der Waals surface area (Å²) in [5, 5.41) is 23.1. The number of benzene rings is 1. The molecular weight excluding hydrogens is 448 g/mol. The van der Waals surface area contributed by atoms with Gasteiger partial charge in [0.1, 0.15) is 5.60 Å². The van der Waals surface area contributed by atoms with Crippen LogP contribution in [0.3, 0.4) is 0 Å². The van der Waals surface area contributed by atoms with Crippen LogP contribution in [0.15, 0.2) is 30.3 Å². The van der Waals surface area contributed by atoms with Crippen LogP contribution < -0.4 is 5.32 Å². The number of ether oxygens (including phenoxy) is 1. The highest BCUT2D eigenvalue weighted by Gasteiger charge is 2.30. The number of aliphatic carboxylic acids is 1. The van der Waals surface area contributed by atoms with Crippen molar-refractivity contribution in [2.24, 2.45) is 0 Å². The Kier molecular flexibility index (Phi) is 12.5. The Morgan fingerprint density at radius 1 is 0.971 bits per heavy atom. The molecule has 0 bridgehead atoms. The fourth-order valence-electron chi connectivity index (χ4n) is 4.50. The van der Waals surface area contributed by atoms with E-state index in [-0.39, 0.29) is 6.54 Å². The second kappa shape index (κ2) is 15.1. The lowest BCUT2D eigenvalue weighted by molar-refractivity contribution is -0.192. The van der Waals surface area contributed by atoms with Crippen molar-refractivity contribution in [1.29, 1.82) is 0 Å². The van der Waals surface area contributed by atoms with Crippen molar-refractivity contribution < 1.29 is 29.4 Å². The third-order valence-corrected chi connectivity index (χ3v) is 6.25. The highest BCUT2D eigenvalue weighted by Crippen LogP contribution is 2.22. The van der Waals surface area contributed by atoms with Gasteiger partial charge < -0.3 is 25.1 Å². The summed E-state index contributed by atoms with van der Waals surface area (Å²) in [4.78, 5) is 27.9. The van der Waals surface area contributed by atoms with Crippen LogP contribution in [-0.4, -0.2) is 57.7 Å². The van der Waals surface area contributed by atoms with Crippen LogP contribution in [-0.2, 0) is 20.9 Å². The molecule has 3 N–H and O–H groups in total. The number of nitrogens with zero attached hydrogens (tertiary/aromatic N) is 1. The lowest BCUT2D eigenvalue weighted by Gasteiger charge is -2.30. The number of hydrogen-bond donors (Lipinski definition) is 3. The molecule has 0 unspecified atom stereocenters. The summed E-state index contributed by atoms with van der Waals surface area (Å²) < 4.78 is 5.00. The van der Waals surface area contributed by atoms with Gasteiger partial charge in [0, 0.05) is 12.1 Å². The van der Waals surface area contributed by atoms with Crippen LogP contribution in [0.4, 0.5) is 4.79 Å². The van der Waals surface area contributed by atoms with Gasteiger partial charge in [0.2, 0.25) is 0 Å². The van der Waals surface area contributed by atoms with E-state index in [2.05, 4.69) is 5.32 Å². The molecule has 1 atom stereocenters. The quantitative estimate of drug-likeness (QED) is 0.342. The molecule has 2 fully saturated rings. The third-order valence-electron chi connectivity index (χ3n) is 6.25. The van der Waals surface area contributed by atoms with E-state index in [9.17, 15) is 14.7 Å². The monoisotopic (exact) mass is 492 g/mol. The predicted octanol–water partition coefficient (Wildman–Crippen LogP) is 5.04. The average molecular weight is 493 g/mol. The van der Waals surface area contributed by atoms with Gasteiger partial charge in [-0.3, -0.25) is 4.79 Å². The van der Waals surface area contributed by atoms with Crippen LogP contribution in [0.25, 0.3) is 0 Å². The van der Waals surface area contributed by atoms with Crippen molar-refractivity contribution in [2.45, 2.75) is 115 Å². The Bertz CT molecular complexity index is 724. The number of aliphatic hydroxyl groups is 1. The predicted molar refractivity (Wildman–Crippen MR) is 135 cm³/mol. The summed E-state index contributed by atoms with van der Waals surface area (Å²) in [7, 11) is 0. The van der Waals surface area contributed by atoms with E-state index in [4.69, 9.17) is 14.7 Å². The van der Waals surface area contributed by atoms with Crippen molar-refractivity contribution in [1.82, 2.24) is 10.4 Å². The number of hydrogen-bond acceptors (Lipinski definition) is 7. The maximum absolute atomic E-state index is 11.7. The number of rotatable bonds is 8. The van der Waals surface area contributed by atoms with Crippen molar-refractivity contribution in [3.63, 3.8) is 0 Å². The van der Waals surface area contributed by atoms with Gasteiger partial charge in [-0.05, 0) is 52.0 Å². The standard InChI is InChI=1S/C15H21NO6.C12H23N/c1-15(2,3)21-14(20)22-16(12(10-17)13(18)19)9-11-7-5-4-6-8-11;1-3-7-11(8-4-1)13-12-9-5-2-6-10-12/h4-8,12,17H,9-10H2,1-3H3,(H,18,19);11-13H,1-10H2/t12-;/m1./s1. The smallest absolute Gasteiger partial charge is 0.480 e. The first-order chi connectivity index (χ1) is 16.7. The highest BCUT2D eigenvalue weighted by molar-refractivity contribution is 5.73. The van der Waals surface area contributed by atoms with Gasteiger partial charge in [-0.1, -0.05) is 68.9 Å². The zero-order chi connectivity index (χ0) is 25.7. The summed E-state index contributed by atoms with van der Waals surface area (Å²) in [6, 6.07) is 9.22. The normalized spacial score (nSPS) is 18.3. The van der Waals surface area contributed by atoms with Crippen molar-refractivity contribution in [3.05, 3.63) is 35.9 Å². The van der Waals surface area contributed by atoms with Gasteiger partial charge in [0.25, 0.3) is 0 Å². The first-order valence-corrected chi connectivity index (χ1v) is 13.0. The third kappa shape index (κ3) is 11.9. The number of carbonyl (C=O) groups excluding carboxylic acids is 1. The molecule has 2 saturated carbocycles. The summed E-state index contributed by atoms with van der Waals surface area (Å²) in [5.74, 6) is -1.30. The van der Waals surface area contributed by atoms with E-state index in [0.717, 1.165) is 22.7 Å². The van der Waals surface area contributed by atoms with Crippen LogP contribution in [0.2, 0.25) is 0 Å². The lowest BCUT2D eigenvalue weighted by Crippen LogP contribution is -2.45. The minimum atomic E-state index is -1.38. The van der Waals surface area contributed by atoms with Crippen LogP contribution in [0.5, 0.6) is 0 Å². The second-order valence-corrected chi connectivity index (χ2v) is 10.5. The van der Waals surface area contributed by atoms with Gasteiger partial charge in [-0.25, -0.2) is 4.79 Å². The molecule has 8 nitrogen and oxygen atoms in total. The number of nitrogens with one attached hydrogen (secondary N) is 1. The van der Waals surface area contributed by atoms with Crippen LogP contribution >= 0.6 is 0 Å². The molecule has 8 heteroatoms. The average Bonchev–Trinajstić information content (AvgIpc) is 2.80. The first-order valence-electron chi connectivity index (χ1n) is 13.0. The Labute approximate surface area is 209 Å². The molecule has 2 aliphatic carbocycles. The molecular formula is C27H44N2O6. The highest BCUT2D eigenvalue weighted by atomic mass is 16.8. The van der Waals surface area contributed by atoms with Gasteiger partial charge in [0.05, 0.1) is 13.2 Å². The second-order valence-electron chi connectivity index (χ2n) is 10.5. The number of carboxylic acids is 1. The first kappa shape index (κ1) is 29.1. The number of carboxylic acid groups (broad SMARTS) is 1. The summed E-state index contributed by atoms with van der Waals surface area (Å²) in [5.41, 5.74) is -0.0428. The Morgan fingerprint density at radius 3 is 1.91 bits per heavy atom. The molecule has 1 aromatic carbocycles. The minimum Gasteiger partial charge on any atom is -0.480 e.